The Labute approximate surface area is 127 Å². The molecule has 21 heavy (non-hydrogen) atoms. The van der Waals surface area contributed by atoms with Crippen molar-refractivity contribution < 1.29 is 4.79 Å². The maximum Gasteiger partial charge on any atom is 0.251 e. The number of nitrogens with one attached hydrogen (secondary N) is 1. The minimum Gasteiger partial charge on any atom is -0.398 e. The van der Waals surface area contributed by atoms with E-state index in [1.165, 1.54) is 19.3 Å². The van der Waals surface area contributed by atoms with E-state index >= 15 is 0 Å². The molecule has 0 spiro atoms. The van der Waals surface area contributed by atoms with Gasteiger partial charge in [0, 0.05) is 29.9 Å². The van der Waals surface area contributed by atoms with Gasteiger partial charge in [-0.15, -0.1) is 0 Å². The van der Waals surface area contributed by atoms with Crippen molar-refractivity contribution in [1.82, 2.24) is 10.2 Å². The molecule has 1 aliphatic heterocycles. The van der Waals surface area contributed by atoms with Gasteiger partial charge in [-0.1, -0.05) is 12.5 Å². The normalized spacial score (nSPS) is 19.7. The molecule has 1 aliphatic rings. The third-order valence-electron chi connectivity index (χ3n) is 4.14. The number of piperidine rings is 1. The van der Waals surface area contributed by atoms with Crippen molar-refractivity contribution in [3.8, 4) is 0 Å². The highest BCUT2D eigenvalue weighted by atomic mass is 16.1. The predicted molar refractivity (Wildman–Crippen MR) is 87.2 cm³/mol. The fourth-order valence-corrected chi connectivity index (χ4v) is 2.84. The first-order valence-corrected chi connectivity index (χ1v) is 7.90. The monoisotopic (exact) mass is 289 g/mol. The Balaban J connectivity index is 2.06. The lowest BCUT2D eigenvalue weighted by Gasteiger charge is -2.33. The summed E-state index contributed by atoms with van der Waals surface area (Å²) in [6.07, 6.45) is 3.84. The minimum absolute atomic E-state index is 0.0606. The summed E-state index contributed by atoms with van der Waals surface area (Å²) in [6.45, 7) is 8.19. The van der Waals surface area contributed by atoms with E-state index in [4.69, 9.17) is 5.73 Å². The summed E-state index contributed by atoms with van der Waals surface area (Å²) >= 11 is 0. The van der Waals surface area contributed by atoms with Gasteiger partial charge in [0.15, 0.2) is 0 Å². The quantitative estimate of drug-likeness (QED) is 0.838. The van der Waals surface area contributed by atoms with Crippen LogP contribution in [0.25, 0.3) is 0 Å². The highest BCUT2D eigenvalue weighted by Crippen LogP contribution is 2.22. The molecule has 1 atom stereocenters. The molecule has 1 aromatic rings. The molecule has 2 rings (SSSR count). The van der Waals surface area contributed by atoms with Crippen molar-refractivity contribution in [2.75, 3.05) is 12.3 Å². The van der Waals surface area contributed by atoms with Gasteiger partial charge >= 0.3 is 0 Å². The van der Waals surface area contributed by atoms with Crippen LogP contribution in [-0.4, -0.2) is 29.4 Å². The summed E-state index contributed by atoms with van der Waals surface area (Å²) in [4.78, 5) is 14.5. The Morgan fingerprint density at radius 1 is 1.43 bits per heavy atom. The van der Waals surface area contributed by atoms with Crippen molar-refractivity contribution >= 4 is 11.6 Å². The lowest BCUT2D eigenvalue weighted by atomic mass is 10.0. The molecular weight excluding hydrogens is 262 g/mol. The summed E-state index contributed by atoms with van der Waals surface area (Å²) in [5.74, 6) is -0.0606. The molecule has 1 saturated heterocycles. The largest absolute Gasteiger partial charge is 0.398 e. The van der Waals surface area contributed by atoms with E-state index in [0.717, 1.165) is 18.7 Å². The van der Waals surface area contributed by atoms with Gasteiger partial charge < -0.3 is 11.1 Å². The van der Waals surface area contributed by atoms with Crippen molar-refractivity contribution in [3.63, 3.8) is 0 Å². The highest BCUT2D eigenvalue weighted by molar-refractivity contribution is 5.95. The molecule has 0 bridgehead atoms. The maximum absolute atomic E-state index is 12.0. The van der Waals surface area contributed by atoms with Crippen LogP contribution in [0, 0.1) is 0 Å². The number of carbonyl (C=O) groups excluding carboxylic acids is 1. The number of benzene rings is 1. The molecular formula is C17H27N3O. The first kappa shape index (κ1) is 15.8. The predicted octanol–water partition coefficient (Wildman–Crippen LogP) is 2.78. The Hall–Kier alpha value is -1.55. The molecule has 4 nitrogen and oxygen atoms in total. The number of hydrogen-bond acceptors (Lipinski definition) is 3. The van der Waals surface area contributed by atoms with Gasteiger partial charge in [0.25, 0.3) is 5.91 Å². The molecule has 4 heteroatoms. The van der Waals surface area contributed by atoms with Crippen LogP contribution in [0.1, 0.15) is 56.0 Å². The lowest BCUT2D eigenvalue weighted by molar-refractivity contribution is 0.0943. The van der Waals surface area contributed by atoms with Crippen molar-refractivity contribution in [3.05, 3.63) is 29.3 Å². The van der Waals surface area contributed by atoms with Gasteiger partial charge in [0.05, 0.1) is 0 Å². The topological polar surface area (TPSA) is 58.4 Å². The summed E-state index contributed by atoms with van der Waals surface area (Å²) in [6, 6.07) is 6.40. The number of carbonyl (C=O) groups is 1. The van der Waals surface area contributed by atoms with Crippen LogP contribution in [0.2, 0.25) is 0 Å². The van der Waals surface area contributed by atoms with Crippen LogP contribution < -0.4 is 11.1 Å². The van der Waals surface area contributed by atoms with Gasteiger partial charge in [-0.25, -0.2) is 0 Å². The SMILES string of the molecule is CC(C)NC(=O)c1ccc(CN2CCCCC2C)c(N)c1. The van der Waals surface area contributed by atoms with E-state index in [1.807, 2.05) is 26.0 Å². The number of amides is 1. The van der Waals surface area contributed by atoms with E-state index in [1.54, 1.807) is 6.07 Å². The zero-order chi connectivity index (χ0) is 15.4. The Morgan fingerprint density at radius 3 is 2.81 bits per heavy atom. The zero-order valence-electron chi connectivity index (χ0n) is 13.4. The Kier molecular flexibility index (Phi) is 5.23. The van der Waals surface area contributed by atoms with Crippen molar-refractivity contribution in [2.45, 2.75) is 58.7 Å². The summed E-state index contributed by atoms with van der Waals surface area (Å²) in [7, 11) is 0. The highest BCUT2D eigenvalue weighted by Gasteiger charge is 2.19. The van der Waals surface area contributed by atoms with Crippen molar-refractivity contribution in [1.29, 1.82) is 0 Å². The molecule has 0 aromatic heterocycles. The third-order valence-corrected chi connectivity index (χ3v) is 4.14. The number of nitrogens with two attached hydrogens (primary N) is 1. The Morgan fingerprint density at radius 2 is 2.19 bits per heavy atom. The number of anilines is 1. The van der Waals surface area contributed by atoms with E-state index in [9.17, 15) is 4.79 Å². The number of nitrogen functional groups attached to an aromatic ring is 1. The number of rotatable bonds is 4. The molecule has 1 amide bonds. The second-order valence-corrected chi connectivity index (χ2v) is 6.36. The number of hydrogen-bond donors (Lipinski definition) is 2. The standard InChI is InChI=1S/C17H27N3O/c1-12(2)19-17(21)14-7-8-15(16(18)10-14)11-20-9-5-4-6-13(20)3/h7-8,10,12-13H,4-6,9,11,18H2,1-3H3,(H,19,21). The first-order valence-electron chi connectivity index (χ1n) is 7.90. The molecule has 0 aliphatic carbocycles. The summed E-state index contributed by atoms with van der Waals surface area (Å²) in [5, 5.41) is 2.89. The second-order valence-electron chi connectivity index (χ2n) is 6.36. The summed E-state index contributed by atoms with van der Waals surface area (Å²) < 4.78 is 0. The fourth-order valence-electron chi connectivity index (χ4n) is 2.84. The maximum atomic E-state index is 12.0. The van der Waals surface area contributed by atoms with Gasteiger partial charge in [-0.2, -0.15) is 0 Å². The zero-order valence-corrected chi connectivity index (χ0v) is 13.4. The minimum atomic E-state index is -0.0606. The van der Waals surface area contributed by atoms with E-state index in [-0.39, 0.29) is 11.9 Å². The van der Waals surface area contributed by atoms with Crippen LogP contribution in [-0.2, 0) is 6.54 Å². The van der Waals surface area contributed by atoms with E-state index in [0.29, 0.717) is 17.3 Å². The van der Waals surface area contributed by atoms with Crippen LogP contribution in [0.4, 0.5) is 5.69 Å². The molecule has 0 radical (unpaired) electrons. The van der Waals surface area contributed by atoms with Crippen LogP contribution in [0.5, 0.6) is 0 Å². The van der Waals surface area contributed by atoms with Gasteiger partial charge in [-0.05, 0) is 57.9 Å². The molecule has 116 valence electrons. The molecule has 3 N–H and O–H groups in total. The molecule has 1 heterocycles. The average Bonchev–Trinajstić information content (AvgIpc) is 2.42. The van der Waals surface area contributed by atoms with Crippen LogP contribution in [0.3, 0.4) is 0 Å². The summed E-state index contributed by atoms with van der Waals surface area (Å²) in [5.41, 5.74) is 8.61. The third kappa shape index (κ3) is 4.21. The molecule has 1 unspecified atom stereocenters. The number of nitrogens with zero attached hydrogens (tertiary/aromatic N) is 1. The molecule has 1 aromatic carbocycles. The van der Waals surface area contributed by atoms with Crippen LogP contribution in [0.15, 0.2) is 18.2 Å². The average molecular weight is 289 g/mol. The van der Waals surface area contributed by atoms with Gasteiger partial charge in [0.2, 0.25) is 0 Å². The number of likely N-dealkylation sites (tertiary alicyclic amines) is 1. The van der Waals surface area contributed by atoms with E-state index < -0.39 is 0 Å². The second kappa shape index (κ2) is 6.94. The van der Waals surface area contributed by atoms with E-state index in [2.05, 4.69) is 17.1 Å². The molecule has 1 fully saturated rings. The van der Waals surface area contributed by atoms with Crippen molar-refractivity contribution in [2.24, 2.45) is 0 Å². The first-order chi connectivity index (χ1) is 9.97. The fraction of sp³-hybridized carbons (Fsp3) is 0.588. The lowest BCUT2D eigenvalue weighted by Crippen LogP contribution is -2.37. The smallest absolute Gasteiger partial charge is 0.251 e. The Bertz CT molecular complexity index is 499. The van der Waals surface area contributed by atoms with Gasteiger partial charge in [0.1, 0.15) is 0 Å². The molecule has 0 saturated carbocycles. The van der Waals surface area contributed by atoms with Crippen LogP contribution >= 0.6 is 0 Å². The van der Waals surface area contributed by atoms with Gasteiger partial charge in [-0.3, -0.25) is 9.69 Å².